The van der Waals surface area contributed by atoms with Crippen LogP contribution in [0.1, 0.15) is 22.0 Å². The largest absolute Gasteiger partial charge is 0.386 e. The van der Waals surface area contributed by atoms with Crippen LogP contribution in [-0.2, 0) is 0 Å². The second kappa shape index (κ2) is 6.25. The number of hydrogen-bond donors (Lipinski definition) is 2. The molecule has 0 fully saturated rings. The monoisotopic (exact) mass is 277 g/mol. The molecular weight excluding hydrogens is 264 g/mol. The summed E-state index contributed by atoms with van der Waals surface area (Å²) in [4.78, 5) is 11.7. The van der Waals surface area contributed by atoms with Gasteiger partial charge in [-0.2, -0.15) is 0 Å². The quantitative estimate of drug-likeness (QED) is 0.901. The number of nitrogens with one attached hydrogen (secondary N) is 1. The van der Waals surface area contributed by atoms with Crippen molar-refractivity contribution in [2.24, 2.45) is 0 Å². The molecule has 1 atom stereocenters. The number of aliphatic hydroxyl groups is 1. The van der Waals surface area contributed by atoms with E-state index >= 15 is 0 Å². The number of rotatable bonds is 4. The summed E-state index contributed by atoms with van der Waals surface area (Å²) in [6.07, 6.45) is -1.23. The first kappa shape index (κ1) is 14.1. The van der Waals surface area contributed by atoms with Crippen molar-refractivity contribution < 1.29 is 18.7 Å². The molecule has 0 aliphatic carbocycles. The van der Waals surface area contributed by atoms with Gasteiger partial charge in [-0.3, -0.25) is 4.79 Å². The van der Waals surface area contributed by atoms with Crippen LogP contribution >= 0.6 is 0 Å². The van der Waals surface area contributed by atoms with Gasteiger partial charge in [0.2, 0.25) is 0 Å². The first-order valence-electron chi connectivity index (χ1n) is 6.04. The van der Waals surface area contributed by atoms with Crippen LogP contribution < -0.4 is 5.32 Å². The van der Waals surface area contributed by atoms with Crippen LogP contribution in [-0.4, -0.2) is 17.6 Å². The van der Waals surface area contributed by atoms with E-state index < -0.39 is 17.7 Å². The maximum Gasteiger partial charge on any atom is 0.251 e. The highest BCUT2D eigenvalue weighted by atomic mass is 19.1. The highest BCUT2D eigenvalue weighted by molar-refractivity contribution is 5.94. The third-order valence-corrected chi connectivity index (χ3v) is 2.81. The van der Waals surface area contributed by atoms with Crippen molar-refractivity contribution in [2.75, 3.05) is 6.54 Å². The van der Waals surface area contributed by atoms with Gasteiger partial charge in [-0.15, -0.1) is 0 Å². The molecule has 2 rings (SSSR count). The highest BCUT2D eigenvalue weighted by Crippen LogP contribution is 2.17. The molecule has 0 saturated carbocycles. The zero-order valence-corrected chi connectivity index (χ0v) is 10.5. The first-order chi connectivity index (χ1) is 9.58. The topological polar surface area (TPSA) is 49.3 Å². The molecule has 0 radical (unpaired) electrons. The van der Waals surface area contributed by atoms with Crippen molar-refractivity contribution in [1.82, 2.24) is 5.32 Å². The lowest BCUT2D eigenvalue weighted by molar-refractivity contribution is 0.0914. The van der Waals surface area contributed by atoms with Crippen molar-refractivity contribution in [3.05, 3.63) is 71.3 Å². The number of halogens is 2. The molecule has 2 aromatic rings. The van der Waals surface area contributed by atoms with E-state index in [9.17, 15) is 18.7 Å². The van der Waals surface area contributed by atoms with Crippen LogP contribution in [0.5, 0.6) is 0 Å². The molecule has 0 spiro atoms. The van der Waals surface area contributed by atoms with Crippen LogP contribution in [0.25, 0.3) is 0 Å². The minimum atomic E-state index is -1.23. The number of aliphatic hydroxyl groups excluding tert-OH is 1. The van der Waals surface area contributed by atoms with E-state index in [2.05, 4.69) is 5.32 Å². The molecule has 0 saturated heterocycles. The number of benzene rings is 2. The molecule has 2 aromatic carbocycles. The number of carbonyl (C=O) groups excluding carboxylic acids is 1. The Labute approximate surface area is 114 Å². The Morgan fingerprint density at radius 2 is 1.85 bits per heavy atom. The molecule has 5 heteroatoms. The van der Waals surface area contributed by atoms with E-state index in [1.807, 2.05) is 0 Å². The predicted octanol–water partition coefficient (Wildman–Crippen LogP) is 2.43. The lowest BCUT2D eigenvalue weighted by Crippen LogP contribution is -2.28. The van der Waals surface area contributed by atoms with Crippen molar-refractivity contribution in [3.63, 3.8) is 0 Å². The van der Waals surface area contributed by atoms with Crippen molar-refractivity contribution >= 4 is 5.91 Å². The summed E-state index contributed by atoms with van der Waals surface area (Å²) in [5, 5.41) is 12.3. The Morgan fingerprint density at radius 3 is 2.50 bits per heavy atom. The van der Waals surface area contributed by atoms with Crippen LogP contribution in [0.15, 0.2) is 48.5 Å². The summed E-state index contributed by atoms with van der Waals surface area (Å²) in [6, 6.07) is 11.4. The zero-order valence-electron chi connectivity index (χ0n) is 10.5. The van der Waals surface area contributed by atoms with Crippen molar-refractivity contribution in [1.29, 1.82) is 0 Å². The molecule has 0 unspecified atom stereocenters. The van der Waals surface area contributed by atoms with E-state index in [1.54, 1.807) is 30.3 Å². The summed E-state index contributed by atoms with van der Waals surface area (Å²) >= 11 is 0. The van der Waals surface area contributed by atoms with Crippen LogP contribution in [0.2, 0.25) is 0 Å². The summed E-state index contributed by atoms with van der Waals surface area (Å²) in [5.74, 6) is -1.93. The third kappa shape index (κ3) is 3.39. The van der Waals surface area contributed by atoms with Gasteiger partial charge in [0.05, 0.1) is 6.10 Å². The van der Waals surface area contributed by atoms with Crippen LogP contribution in [0.4, 0.5) is 8.78 Å². The predicted molar refractivity (Wildman–Crippen MR) is 70.1 cm³/mol. The fourth-order valence-corrected chi connectivity index (χ4v) is 1.76. The van der Waals surface area contributed by atoms with Crippen molar-refractivity contribution in [2.45, 2.75) is 6.10 Å². The van der Waals surface area contributed by atoms with Gasteiger partial charge < -0.3 is 10.4 Å². The Hall–Kier alpha value is -2.27. The van der Waals surface area contributed by atoms with Crippen molar-refractivity contribution in [3.8, 4) is 0 Å². The molecule has 0 heterocycles. The molecule has 0 aromatic heterocycles. The summed E-state index contributed by atoms with van der Waals surface area (Å²) in [6.45, 7) is -0.156. The molecule has 1 amide bonds. The Morgan fingerprint density at radius 1 is 1.15 bits per heavy atom. The van der Waals surface area contributed by atoms with Gasteiger partial charge in [0.15, 0.2) is 0 Å². The number of amides is 1. The maximum absolute atomic E-state index is 13.4. The fourth-order valence-electron chi connectivity index (χ4n) is 1.76. The zero-order chi connectivity index (χ0) is 14.5. The van der Waals surface area contributed by atoms with Gasteiger partial charge in [0, 0.05) is 23.7 Å². The molecular formula is C15H13F2NO2. The SMILES string of the molecule is O=C(NC[C@H](O)c1ccc(F)cc1F)c1ccccc1. The molecule has 0 bridgehead atoms. The second-order valence-corrected chi connectivity index (χ2v) is 4.26. The minimum Gasteiger partial charge on any atom is -0.386 e. The van der Waals surface area contributed by atoms with Gasteiger partial charge in [-0.1, -0.05) is 24.3 Å². The summed E-state index contributed by atoms with van der Waals surface area (Å²) in [7, 11) is 0. The Balaban J connectivity index is 1.98. The normalized spacial score (nSPS) is 11.9. The number of carbonyl (C=O) groups is 1. The van der Waals surface area contributed by atoms with E-state index in [4.69, 9.17) is 0 Å². The fraction of sp³-hybridized carbons (Fsp3) is 0.133. The average Bonchev–Trinajstić information content (AvgIpc) is 2.45. The molecule has 20 heavy (non-hydrogen) atoms. The van der Waals surface area contributed by atoms with E-state index in [-0.39, 0.29) is 18.0 Å². The van der Waals surface area contributed by atoms with E-state index in [0.717, 1.165) is 12.1 Å². The number of hydrogen-bond acceptors (Lipinski definition) is 2. The van der Waals surface area contributed by atoms with E-state index in [1.165, 1.54) is 0 Å². The lowest BCUT2D eigenvalue weighted by Gasteiger charge is -2.13. The van der Waals surface area contributed by atoms with Gasteiger partial charge in [-0.05, 0) is 18.2 Å². The van der Waals surface area contributed by atoms with Gasteiger partial charge in [0.1, 0.15) is 11.6 Å². The maximum atomic E-state index is 13.4. The average molecular weight is 277 g/mol. The minimum absolute atomic E-state index is 0.0558. The first-order valence-corrected chi connectivity index (χ1v) is 6.04. The van der Waals surface area contributed by atoms with E-state index in [0.29, 0.717) is 11.6 Å². The summed E-state index contributed by atoms with van der Waals surface area (Å²) in [5.41, 5.74) is 0.388. The highest BCUT2D eigenvalue weighted by Gasteiger charge is 2.15. The molecule has 2 N–H and O–H groups in total. The van der Waals surface area contributed by atoms with Gasteiger partial charge >= 0.3 is 0 Å². The molecule has 0 aliphatic rings. The third-order valence-electron chi connectivity index (χ3n) is 2.81. The summed E-state index contributed by atoms with van der Waals surface area (Å²) < 4.78 is 26.2. The Kier molecular flexibility index (Phi) is 4.42. The lowest BCUT2D eigenvalue weighted by atomic mass is 10.1. The van der Waals surface area contributed by atoms with Crippen LogP contribution in [0.3, 0.4) is 0 Å². The molecule has 3 nitrogen and oxygen atoms in total. The second-order valence-electron chi connectivity index (χ2n) is 4.26. The molecule has 0 aliphatic heterocycles. The Bertz CT molecular complexity index is 602. The van der Waals surface area contributed by atoms with Crippen LogP contribution in [0, 0.1) is 11.6 Å². The van der Waals surface area contributed by atoms with Gasteiger partial charge in [-0.25, -0.2) is 8.78 Å². The smallest absolute Gasteiger partial charge is 0.251 e. The standard InChI is InChI=1S/C15H13F2NO2/c16-11-6-7-12(13(17)8-11)14(19)9-18-15(20)10-4-2-1-3-5-10/h1-8,14,19H,9H2,(H,18,20)/t14-/m0/s1. The molecule has 104 valence electrons. The van der Waals surface area contributed by atoms with Gasteiger partial charge in [0.25, 0.3) is 5.91 Å².